The Morgan fingerprint density at radius 1 is 0.938 bits per heavy atom. The number of aromatic carboxylic acids is 1. The lowest BCUT2D eigenvalue weighted by Crippen LogP contribution is -2.02. The predicted molar refractivity (Wildman–Crippen MR) is 116 cm³/mol. The Hall–Kier alpha value is -3.25. The molecule has 0 saturated carbocycles. The van der Waals surface area contributed by atoms with Crippen LogP contribution in [0.25, 0.3) is 11.1 Å². The summed E-state index contributed by atoms with van der Waals surface area (Å²) in [5, 5.41) is 9.75. The van der Waals surface area contributed by atoms with Gasteiger partial charge in [0.25, 0.3) is 0 Å². The van der Waals surface area contributed by atoms with Crippen molar-refractivity contribution in [2.75, 3.05) is 0 Å². The van der Waals surface area contributed by atoms with Crippen LogP contribution in [0.5, 0.6) is 5.75 Å². The van der Waals surface area contributed by atoms with E-state index >= 15 is 0 Å². The van der Waals surface area contributed by atoms with Crippen molar-refractivity contribution in [3.63, 3.8) is 0 Å². The highest BCUT2D eigenvalue weighted by Crippen LogP contribution is 2.44. The monoisotopic (exact) mass is 458 g/mol. The van der Waals surface area contributed by atoms with Gasteiger partial charge in [-0.15, -0.1) is 0 Å². The first kappa shape index (κ1) is 22.0. The van der Waals surface area contributed by atoms with Gasteiger partial charge >= 0.3 is 5.97 Å². The molecule has 3 aromatic rings. The zero-order valence-electron chi connectivity index (χ0n) is 16.8. The lowest BCUT2D eigenvalue weighted by molar-refractivity contribution is 0.0696. The molecule has 0 aliphatic heterocycles. The molecule has 4 rings (SSSR count). The summed E-state index contributed by atoms with van der Waals surface area (Å²) in [6, 6.07) is 12.0. The number of ether oxygens (including phenoxy) is 1. The number of carbonyl (C=O) groups is 1. The maximum absolute atomic E-state index is 14.1. The highest BCUT2D eigenvalue weighted by Gasteiger charge is 2.22. The maximum atomic E-state index is 14.1. The Labute approximate surface area is 187 Å². The standard InChI is InChI=1S/C25H18ClF3O3/c26-17-5-7-24(32-13-14-4-6-18(27)12-23(14)29)22(11-17)21-3-1-2-20(21)15-8-16(25(30)31)10-19(28)9-15/h4-12H,1-3,13H2,(H,30,31). The molecule has 3 nitrogen and oxygen atoms in total. The molecule has 0 atom stereocenters. The van der Waals surface area contributed by atoms with Crippen LogP contribution in [0.1, 0.15) is 46.3 Å². The molecule has 0 fully saturated rings. The minimum atomic E-state index is -1.21. The highest BCUT2D eigenvalue weighted by atomic mass is 35.5. The number of hydrogen-bond donors (Lipinski definition) is 1. The number of hydrogen-bond acceptors (Lipinski definition) is 2. The fourth-order valence-electron chi connectivity index (χ4n) is 3.90. The molecule has 0 spiro atoms. The van der Waals surface area contributed by atoms with Crippen LogP contribution in [0.4, 0.5) is 13.2 Å². The zero-order valence-corrected chi connectivity index (χ0v) is 17.6. The molecule has 0 saturated heterocycles. The van der Waals surface area contributed by atoms with Crippen LogP contribution in [0.3, 0.4) is 0 Å². The number of allylic oxidation sites excluding steroid dienone is 2. The summed E-state index contributed by atoms with van der Waals surface area (Å²) >= 11 is 6.22. The second-order valence-electron chi connectivity index (χ2n) is 7.51. The Bertz CT molecular complexity index is 1240. The number of halogens is 4. The van der Waals surface area contributed by atoms with E-state index in [0.717, 1.165) is 35.8 Å². The van der Waals surface area contributed by atoms with Crippen molar-refractivity contribution >= 4 is 28.7 Å². The van der Waals surface area contributed by atoms with E-state index in [1.54, 1.807) is 18.2 Å². The van der Waals surface area contributed by atoms with Crippen molar-refractivity contribution in [1.82, 2.24) is 0 Å². The van der Waals surface area contributed by atoms with Crippen LogP contribution in [-0.2, 0) is 6.61 Å². The minimum Gasteiger partial charge on any atom is -0.488 e. The largest absolute Gasteiger partial charge is 0.488 e. The van der Waals surface area contributed by atoms with E-state index in [9.17, 15) is 23.1 Å². The number of benzene rings is 3. The zero-order chi connectivity index (χ0) is 22.8. The van der Waals surface area contributed by atoms with Crippen LogP contribution in [0.15, 0.2) is 54.6 Å². The topological polar surface area (TPSA) is 46.5 Å². The van der Waals surface area contributed by atoms with Crippen molar-refractivity contribution in [3.05, 3.63) is 99.3 Å². The molecule has 32 heavy (non-hydrogen) atoms. The molecule has 164 valence electrons. The van der Waals surface area contributed by atoms with Crippen molar-refractivity contribution in [2.24, 2.45) is 0 Å². The van der Waals surface area contributed by atoms with Gasteiger partial charge in [0.05, 0.1) is 5.56 Å². The van der Waals surface area contributed by atoms with Crippen LogP contribution < -0.4 is 4.74 Å². The molecular formula is C25H18ClF3O3. The van der Waals surface area contributed by atoms with Gasteiger partial charge in [-0.2, -0.15) is 0 Å². The molecule has 1 aliphatic rings. The predicted octanol–water partition coefficient (Wildman–Crippen LogP) is 7.13. The van der Waals surface area contributed by atoms with Crippen molar-refractivity contribution < 1.29 is 27.8 Å². The number of carboxylic acids is 1. The van der Waals surface area contributed by atoms with Gasteiger partial charge in [0, 0.05) is 22.2 Å². The summed E-state index contributed by atoms with van der Waals surface area (Å²) in [6.07, 6.45) is 2.09. The minimum absolute atomic E-state index is 0.119. The summed E-state index contributed by atoms with van der Waals surface area (Å²) in [7, 11) is 0. The fraction of sp³-hybridized carbons (Fsp3) is 0.160. The van der Waals surface area contributed by atoms with E-state index in [1.807, 2.05) is 0 Å². The summed E-state index contributed by atoms with van der Waals surface area (Å²) < 4.78 is 47.1. The third kappa shape index (κ3) is 4.65. The Morgan fingerprint density at radius 3 is 2.47 bits per heavy atom. The summed E-state index contributed by atoms with van der Waals surface area (Å²) in [5.41, 5.74) is 2.91. The Kier molecular flexibility index (Phi) is 6.24. The van der Waals surface area contributed by atoms with Gasteiger partial charge in [0.2, 0.25) is 0 Å². The average molecular weight is 459 g/mol. The van der Waals surface area contributed by atoms with Gasteiger partial charge in [-0.1, -0.05) is 11.6 Å². The first-order valence-electron chi connectivity index (χ1n) is 9.95. The summed E-state index contributed by atoms with van der Waals surface area (Å²) in [4.78, 5) is 11.4. The quantitative estimate of drug-likeness (QED) is 0.427. The molecule has 0 heterocycles. The van der Waals surface area contributed by atoms with Gasteiger partial charge in [0.15, 0.2) is 0 Å². The third-order valence-electron chi connectivity index (χ3n) is 5.38. The normalized spacial score (nSPS) is 13.5. The van der Waals surface area contributed by atoms with Gasteiger partial charge in [-0.3, -0.25) is 0 Å². The molecule has 0 bridgehead atoms. The Morgan fingerprint density at radius 2 is 1.72 bits per heavy atom. The van der Waals surface area contributed by atoms with E-state index in [2.05, 4.69) is 0 Å². The molecular weight excluding hydrogens is 441 g/mol. The lowest BCUT2D eigenvalue weighted by Gasteiger charge is -2.16. The molecule has 0 radical (unpaired) electrons. The molecule has 0 unspecified atom stereocenters. The fourth-order valence-corrected chi connectivity index (χ4v) is 4.08. The SMILES string of the molecule is O=C(O)c1cc(F)cc(C2=C(c3cc(Cl)ccc3OCc3ccc(F)cc3F)CCC2)c1. The van der Waals surface area contributed by atoms with E-state index < -0.39 is 23.4 Å². The van der Waals surface area contributed by atoms with Crippen molar-refractivity contribution in [2.45, 2.75) is 25.9 Å². The van der Waals surface area contributed by atoms with E-state index in [4.69, 9.17) is 16.3 Å². The highest BCUT2D eigenvalue weighted by molar-refractivity contribution is 6.30. The molecule has 1 aliphatic carbocycles. The van der Waals surface area contributed by atoms with Crippen molar-refractivity contribution in [3.8, 4) is 5.75 Å². The average Bonchev–Trinajstić information content (AvgIpc) is 3.23. The molecule has 1 N–H and O–H groups in total. The second-order valence-corrected chi connectivity index (χ2v) is 7.95. The smallest absolute Gasteiger partial charge is 0.335 e. The summed E-state index contributed by atoms with van der Waals surface area (Å²) in [6.45, 7) is -0.119. The first-order valence-corrected chi connectivity index (χ1v) is 10.3. The number of carboxylic acid groups (broad SMARTS) is 1. The van der Waals surface area contributed by atoms with Gasteiger partial charge < -0.3 is 9.84 Å². The van der Waals surface area contributed by atoms with E-state index in [1.165, 1.54) is 18.2 Å². The molecule has 0 aromatic heterocycles. The van der Waals surface area contributed by atoms with Gasteiger partial charge in [-0.05, 0) is 84.5 Å². The van der Waals surface area contributed by atoms with E-state index in [0.29, 0.717) is 34.7 Å². The Balaban J connectivity index is 1.74. The first-order chi connectivity index (χ1) is 15.3. The van der Waals surface area contributed by atoms with Crippen LogP contribution in [0, 0.1) is 17.5 Å². The van der Waals surface area contributed by atoms with Crippen LogP contribution in [-0.4, -0.2) is 11.1 Å². The molecule has 7 heteroatoms. The van der Waals surface area contributed by atoms with Crippen LogP contribution in [0.2, 0.25) is 5.02 Å². The number of rotatable bonds is 6. The van der Waals surface area contributed by atoms with Gasteiger partial charge in [0.1, 0.15) is 29.8 Å². The second kappa shape index (κ2) is 9.09. The van der Waals surface area contributed by atoms with Crippen LogP contribution >= 0.6 is 11.6 Å². The van der Waals surface area contributed by atoms with Crippen molar-refractivity contribution in [1.29, 1.82) is 0 Å². The molecule has 3 aromatic carbocycles. The van der Waals surface area contributed by atoms with E-state index in [-0.39, 0.29) is 17.7 Å². The third-order valence-corrected chi connectivity index (χ3v) is 5.61. The maximum Gasteiger partial charge on any atom is 0.335 e. The lowest BCUT2D eigenvalue weighted by atomic mass is 9.95. The summed E-state index contributed by atoms with van der Waals surface area (Å²) in [5.74, 6) is -2.77. The molecule has 0 amide bonds. The van der Waals surface area contributed by atoms with Gasteiger partial charge in [-0.25, -0.2) is 18.0 Å².